The van der Waals surface area contributed by atoms with Gasteiger partial charge in [0.15, 0.2) is 0 Å². The minimum Gasteiger partial charge on any atom is -0.477 e. The Morgan fingerprint density at radius 2 is 1.47 bits per heavy atom. The number of aliphatic carboxylic acids is 1. The number of benzene rings is 2. The molecule has 0 aliphatic heterocycles. The van der Waals surface area contributed by atoms with Gasteiger partial charge in [0, 0.05) is 5.92 Å². The van der Waals surface area contributed by atoms with E-state index in [4.69, 9.17) is 9.84 Å². The van der Waals surface area contributed by atoms with Crippen LogP contribution in [0.2, 0.25) is 0 Å². The van der Waals surface area contributed by atoms with E-state index in [-0.39, 0.29) is 6.61 Å². The van der Waals surface area contributed by atoms with Crippen molar-refractivity contribution in [3.63, 3.8) is 0 Å². The van der Waals surface area contributed by atoms with Crippen LogP contribution in [0.15, 0.2) is 48.5 Å². The molecule has 0 radical (unpaired) electrons. The predicted molar refractivity (Wildman–Crippen MR) is 108 cm³/mol. The van der Waals surface area contributed by atoms with Gasteiger partial charge >= 0.3 is 24.2 Å². The van der Waals surface area contributed by atoms with Gasteiger partial charge in [0.1, 0.15) is 12.6 Å². The van der Waals surface area contributed by atoms with E-state index in [9.17, 15) is 36.3 Å². The highest BCUT2D eigenvalue weighted by atomic mass is 19.4. The maximum atomic E-state index is 13.2. The minimum absolute atomic E-state index is 0.253. The summed E-state index contributed by atoms with van der Waals surface area (Å²) in [5.74, 6) is -9.00. The van der Waals surface area contributed by atoms with Gasteiger partial charge < -0.3 is 20.5 Å². The number of alkyl carbamates (subject to hydrolysis) is 1. The van der Waals surface area contributed by atoms with Gasteiger partial charge in [-0.15, -0.1) is 0 Å². The standard InChI is InChI=1S/C22H19F5N2O5/c23-21(24,19(31)32)11-28-18(30)17(9-22(25,26)27)29-20(33)34-10-16-14-7-3-1-5-12(14)13-6-2-4-8-15(13)16/h1-8,16-17H,9-11H2,(H,28,30)(H,29,33)(H,31,32). The van der Waals surface area contributed by atoms with Crippen LogP contribution >= 0.6 is 0 Å². The number of carbonyl (C=O) groups excluding carboxylic acids is 2. The van der Waals surface area contributed by atoms with Crippen molar-refractivity contribution in [3.05, 3.63) is 59.7 Å². The van der Waals surface area contributed by atoms with E-state index in [0.717, 1.165) is 22.3 Å². The van der Waals surface area contributed by atoms with E-state index in [2.05, 4.69) is 0 Å². The first-order valence-corrected chi connectivity index (χ1v) is 9.96. The van der Waals surface area contributed by atoms with Crippen LogP contribution in [0.3, 0.4) is 0 Å². The number of amides is 2. The summed E-state index contributed by atoms with van der Waals surface area (Å²) in [4.78, 5) is 34.6. The molecular weight excluding hydrogens is 467 g/mol. The Hall–Kier alpha value is -3.70. The van der Waals surface area contributed by atoms with E-state index in [1.165, 1.54) is 5.32 Å². The first-order valence-electron chi connectivity index (χ1n) is 9.96. The van der Waals surface area contributed by atoms with Crippen molar-refractivity contribution in [2.45, 2.75) is 30.5 Å². The molecule has 0 fully saturated rings. The Bertz CT molecular complexity index is 1040. The van der Waals surface area contributed by atoms with Gasteiger partial charge in [0.25, 0.3) is 0 Å². The average molecular weight is 486 g/mol. The Kier molecular flexibility index (Phi) is 7.08. The van der Waals surface area contributed by atoms with Crippen LogP contribution in [0, 0.1) is 0 Å². The van der Waals surface area contributed by atoms with Crippen LogP contribution in [-0.4, -0.2) is 54.4 Å². The van der Waals surface area contributed by atoms with E-state index in [1.54, 1.807) is 17.4 Å². The third-order valence-corrected chi connectivity index (χ3v) is 5.19. The fourth-order valence-electron chi connectivity index (χ4n) is 3.62. The quantitative estimate of drug-likeness (QED) is 0.494. The van der Waals surface area contributed by atoms with Crippen molar-refractivity contribution in [1.82, 2.24) is 10.6 Å². The molecule has 2 aromatic carbocycles. The van der Waals surface area contributed by atoms with Crippen molar-refractivity contribution in [2.24, 2.45) is 0 Å². The molecule has 3 N–H and O–H groups in total. The monoisotopic (exact) mass is 486 g/mol. The number of carboxylic acids is 1. The topological polar surface area (TPSA) is 105 Å². The first kappa shape index (κ1) is 24.9. The smallest absolute Gasteiger partial charge is 0.407 e. The summed E-state index contributed by atoms with van der Waals surface area (Å²) in [7, 11) is 0. The Balaban J connectivity index is 1.67. The zero-order valence-electron chi connectivity index (χ0n) is 17.4. The van der Waals surface area contributed by atoms with E-state index < -0.39 is 55.0 Å². The van der Waals surface area contributed by atoms with Gasteiger partial charge in [-0.1, -0.05) is 48.5 Å². The van der Waals surface area contributed by atoms with E-state index in [0.29, 0.717) is 0 Å². The lowest BCUT2D eigenvalue weighted by Crippen LogP contribution is -2.52. The van der Waals surface area contributed by atoms with Crippen LogP contribution in [0.25, 0.3) is 11.1 Å². The molecule has 3 rings (SSSR count). The summed E-state index contributed by atoms with van der Waals surface area (Å²) in [5, 5.41) is 11.5. The SMILES string of the molecule is O=C(NC(CC(F)(F)F)C(=O)NCC(F)(F)C(=O)O)OCC1c2ccccc2-c2ccccc21. The zero-order chi connectivity index (χ0) is 25.1. The predicted octanol–water partition coefficient (Wildman–Crippen LogP) is 3.68. The zero-order valence-corrected chi connectivity index (χ0v) is 17.4. The molecule has 182 valence electrons. The second-order valence-corrected chi connectivity index (χ2v) is 7.57. The highest BCUT2D eigenvalue weighted by molar-refractivity contribution is 5.86. The number of halogens is 5. The molecule has 0 bridgehead atoms. The van der Waals surface area contributed by atoms with Gasteiger partial charge in [-0.3, -0.25) is 4.79 Å². The number of carboxylic acid groups (broad SMARTS) is 1. The molecule has 34 heavy (non-hydrogen) atoms. The number of alkyl halides is 5. The Morgan fingerprint density at radius 3 is 1.97 bits per heavy atom. The molecule has 12 heteroatoms. The molecule has 1 aliphatic carbocycles. The summed E-state index contributed by atoms with van der Waals surface area (Å²) < 4.78 is 70.0. The number of fused-ring (bicyclic) bond motifs is 3. The average Bonchev–Trinajstić information content (AvgIpc) is 3.08. The molecule has 2 aromatic rings. The summed E-state index contributed by atoms with van der Waals surface area (Å²) in [6.07, 6.45) is -8.17. The molecule has 1 atom stereocenters. The molecule has 7 nitrogen and oxygen atoms in total. The summed E-state index contributed by atoms with van der Waals surface area (Å²) in [6, 6.07) is 12.3. The molecular formula is C22H19F5N2O5. The third kappa shape index (κ3) is 5.80. The molecule has 0 aromatic heterocycles. The van der Waals surface area contributed by atoms with Crippen molar-refractivity contribution in [3.8, 4) is 11.1 Å². The molecule has 0 spiro atoms. The maximum Gasteiger partial charge on any atom is 0.407 e. The van der Waals surface area contributed by atoms with Crippen LogP contribution in [0.5, 0.6) is 0 Å². The lowest BCUT2D eigenvalue weighted by atomic mass is 9.98. The molecule has 1 aliphatic rings. The van der Waals surface area contributed by atoms with E-state index >= 15 is 0 Å². The van der Waals surface area contributed by atoms with Gasteiger partial charge in [0.2, 0.25) is 5.91 Å². The number of hydrogen-bond acceptors (Lipinski definition) is 4. The van der Waals surface area contributed by atoms with Crippen molar-refractivity contribution in [2.75, 3.05) is 13.2 Å². The largest absolute Gasteiger partial charge is 0.477 e. The highest BCUT2D eigenvalue weighted by Gasteiger charge is 2.41. The molecule has 0 saturated carbocycles. The maximum absolute atomic E-state index is 13.2. The lowest BCUT2D eigenvalue weighted by molar-refractivity contribution is -0.165. The van der Waals surface area contributed by atoms with Gasteiger partial charge in [0.05, 0.1) is 13.0 Å². The number of ether oxygens (including phenoxy) is 1. The number of hydrogen-bond donors (Lipinski definition) is 3. The normalized spacial score (nSPS) is 14.0. The molecule has 0 saturated heterocycles. The van der Waals surface area contributed by atoms with Crippen molar-refractivity contribution in [1.29, 1.82) is 0 Å². The van der Waals surface area contributed by atoms with Crippen LogP contribution < -0.4 is 10.6 Å². The van der Waals surface area contributed by atoms with Gasteiger partial charge in [-0.05, 0) is 22.3 Å². The molecule has 2 amide bonds. The fourth-order valence-corrected chi connectivity index (χ4v) is 3.62. The third-order valence-electron chi connectivity index (χ3n) is 5.19. The summed E-state index contributed by atoms with van der Waals surface area (Å²) >= 11 is 0. The van der Waals surface area contributed by atoms with Crippen molar-refractivity contribution < 1.29 is 46.2 Å². The van der Waals surface area contributed by atoms with Crippen LogP contribution in [0.4, 0.5) is 26.7 Å². The van der Waals surface area contributed by atoms with Crippen LogP contribution in [-0.2, 0) is 14.3 Å². The minimum atomic E-state index is -4.94. The van der Waals surface area contributed by atoms with Crippen LogP contribution in [0.1, 0.15) is 23.5 Å². The van der Waals surface area contributed by atoms with E-state index in [1.807, 2.05) is 36.4 Å². The van der Waals surface area contributed by atoms with Crippen molar-refractivity contribution >= 4 is 18.0 Å². The second kappa shape index (κ2) is 9.65. The second-order valence-electron chi connectivity index (χ2n) is 7.57. The molecule has 1 unspecified atom stereocenters. The van der Waals surface area contributed by atoms with Gasteiger partial charge in [-0.2, -0.15) is 22.0 Å². The number of rotatable bonds is 8. The Morgan fingerprint density at radius 1 is 0.941 bits per heavy atom. The van der Waals surface area contributed by atoms with Gasteiger partial charge in [-0.25, -0.2) is 9.59 Å². The first-order chi connectivity index (χ1) is 15.9. The molecule has 0 heterocycles. The fraction of sp³-hybridized carbons (Fsp3) is 0.318. The number of carbonyl (C=O) groups is 3. The lowest BCUT2D eigenvalue weighted by Gasteiger charge is -2.21. The highest BCUT2D eigenvalue weighted by Crippen LogP contribution is 2.44. The Labute approximate surface area is 189 Å². The number of nitrogens with one attached hydrogen (secondary N) is 2. The summed E-state index contributed by atoms with van der Waals surface area (Å²) in [6.45, 7) is -2.00. The summed E-state index contributed by atoms with van der Waals surface area (Å²) in [5.41, 5.74) is 3.52.